The summed E-state index contributed by atoms with van der Waals surface area (Å²) in [5.41, 5.74) is 0.295. The van der Waals surface area contributed by atoms with E-state index >= 15 is 0 Å². The Morgan fingerprint density at radius 1 is 1.10 bits per heavy atom. The van der Waals surface area contributed by atoms with E-state index in [4.69, 9.17) is 4.74 Å². The van der Waals surface area contributed by atoms with Gasteiger partial charge in [-0.2, -0.15) is 0 Å². The minimum Gasteiger partial charge on any atom is -0.378 e. The monoisotopic (exact) mass is 294 g/mol. The fourth-order valence-electron chi connectivity index (χ4n) is 4.46. The first-order chi connectivity index (χ1) is 10.1. The van der Waals surface area contributed by atoms with Crippen LogP contribution in [0.3, 0.4) is 0 Å². The molecule has 1 N–H and O–H groups in total. The highest BCUT2D eigenvalue weighted by molar-refractivity contribution is 4.95. The Bertz CT molecular complexity index is 319. The van der Waals surface area contributed by atoms with E-state index in [1.165, 1.54) is 64.5 Å². The molecule has 0 amide bonds. The first kappa shape index (κ1) is 15.8. The molecule has 3 rings (SSSR count). The molecule has 2 unspecified atom stereocenters. The average Bonchev–Trinajstić information content (AvgIpc) is 3.00. The zero-order valence-electron chi connectivity index (χ0n) is 14.1. The Balaban J connectivity index is 1.53. The maximum absolute atomic E-state index is 5.81. The molecule has 122 valence electrons. The van der Waals surface area contributed by atoms with Gasteiger partial charge in [-0.25, -0.2) is 0 Å². The van der Waals surface area contributed by atoms with E-state index in [1.807, 2.05) is 0 Å². The number of nitrogens with zero attached hydrogens (tertiary/aromatic N) is 1. The van der Waals surface area contributed by atoms with Gasteiger partial charge in [-0.05, 0) is 51.9 Å². The van der Waals surface area contributed by atoms with E-state index in [1.54, 1.807) is 0 Å². The number of rotatable bonds is 4. The van der Waals surface area contributed by atoms with Gasteiger partial charge in [-0.15, -0.1) is 0 Å². The van der Waals surface area contributed by atoms with Crippen LogP contribution in [0, 0.1) is 5.92 Å². The molecular weight excluding hydrogens is 260 g/mol. The van der Waals surface area contributed by atoms with Gasteiger partial charge in [0.25, 0.3) is 0 Å². The quantitative estimate of drug-likeness (QED) is 0.862. The Labute approximate surface area is 130 Å². The normalized spacial score (nSPS) is 35.1. The highest BCUT2D eigenvalue weighted by Gasteiger charge is 2.37. The maximum Gasteiger partial charge on any atom is 0.0588 e. The van der Waals surface area contributed by atoms with Crippen molar-refractivity contribution in [2.75, 3.05) is 26.2 Å². The molecule has 0 radical (unpaired) electrons. The Morgan fingerprint density at radius 3 is 2.62 bits per heavy atom. The zero-order chi connectivity index (χ0) is 14.7. The Hall–Kier alpha value is -0.120. The van der Waals surface area contributed by atoms with Crippen LogP contribution >= 0.6 is 0 Å². The van der Waals surface area contributed by atoms with Crippen molar-refractivity contribution < 1.29 is 4.74 Å². The molecule has 2 aliphatic heterocycles. The Kier molecular flexibility index (Phi) is 5.23. The summed E-state index contributed by atoms with van der Waals surface area (Å²) in [6, 6.07) is 0.725. The second-order valence-corrected chi connectivity index (χ2v) is 8.07. The van der Waals surface area contributed by atoms with Crippen molar-refractivity contribution in [2.45, 2.75) is 82.9 Å². The summed E-state index contributed by atoms with van der Waals surface area (Å²) in [5, 5.41) is 3.86. The van der Waals surface area contributed by atoms with E-state index < -0.39 is 0 Å². The second-order valence-electron chi connectivity index (χ2n) is 8.07. The first-order valence-electron chi connectivity index (χ1n) is 9.25. The summed E-state index contributed by atoms with van der Waals surface area (Å²) in [4.78, 5) is 2.74. The van der Waals surface area contributed by atoms with Crippen LogP contribution in [0.5, 0.6) is 0 Å². The molecule has 2 atom stereocenters. The molecular formula is C18H34N2O. The van der Waals surface area contributed by atoms with Crippen LogP contribution < -0.4 is 5.32 Å². The Morgan fingerprint density at radius 2 is 1.90 bits per heavy atom. The molecule has 0 aromatic rings. The van der Waals surface area contributed by atoms with Gasteiger partial charge in [0.1, 0.15) is 0 Å². The van der Waals surface area contributed by atoms with E-state index in [0.29, 0.717) is 11.6 Å². The molecule has 2 saturated heterocycles. The van der Waals surface area contributed by atoms with Crippen molar-refractivity contribution in [3.05, 3.63) is 0 Å². The summed E-state index contributed by atoms with van der Waals surface area (Å²) >= 11 is 0. The molecule has 21 heavy (non-hydrogen) atoms. The largest absolute Gasteiger partial charge is 0.378 e. The molecule has 1 saturated carbocycles. The van der Waals surface area contributed by atoms with Crippen LogP contribution in [0.2, 0.25) is 0 Å². The summed E-state index contributed by atoms with van der Waals surface area (Å²) in [6.07, 6.45) is 11.5. The second kappa shape index (κ2) is 6.97. The topological polar surface area (TPSA) is 24.5 Å². The molecule has 3 fully saturated rings. The lowest BCUT2D eigenvalue weighted by Crippen LogP contribution is -2.63. The molecule has 3 nitrogen and oxygen atoms in total. The molecule has 0 spiro atoms. The van der Waals surface area contributed by atoms with Crippen molar-refractivity contribution in [2.24, 2.45) is 5.92 Å². The lowest BCUT2D eigenvalue weighted by molar-refractivity contribution is 0.0250. The van der Waals surface area contributed by atoms with Crippen LogP contribution in [0.4, 0.5) is 0 Å². The third-order valence-corrected chi connectivity index (χ3v) is 6.03. The fourth-order valence-corrected chi connectivity index (χ4v) is 4.46. The lowest BCUT2D eigenvalue weighted by atomic mass is 9.81. The van der Waals surface area contributed by atoms with Crippen molar-refractivity contribution in [3.8, 4) is 0 Å². The van der Waals surface area contributed by atoms with Gasteiger partial charge in [0.2, 0.25) is 0 Å². The average molecular weight is 294 g/mol. The van der Waals surface area contributed by atoms with E-state index in [9.17, 15) is 0 Å². The van der Waals surface area contributed by atoms with Crippen molar-refractivity contribution >= 4 is 0 Å². The first-order valence-corrected chi connectivity index (χ1v) is 9.25. The maximum atomic E-state index is 5.81. The number of hydrogen-bond acceptors (Lipinski definition) is 3. The predicted molar refractivity (Wildman–Crippen MR) is 87.6 cm³/mol. The SMILES string of the molecule is CC1(C)CNC(C2CCCCC2)CN1CCC1CCCO1. The minimum absolute atomic E-state index is 0.295. The van der Waals surface area contributed by atoms with Gasteiger partial charge in [-0.1, -0.05) is 19.3 Å². The fraction of sp³-hybridized carbons (Fsp3) is 1.00. The molecule has 0 aromatic heterocycles. The summed E-state index contributed by atoms with van der Waals surface area (Å²) in [6.45, 7) is 9.37. The smallest absolute Gasteiger partial charge is 0.0588 e. The lowest BCUT2D eigenvalue weighted by Gasteiger charge is -2.49. The predicted octanol–water partition coefficient (Wildman–Crippen LogP) is 3.19. The molecule has 3 heteroatoms. The van der Waals surface area contributed by atoms with Crippen LogP contribution in [-0.4, -0.2) is 48.8 Å². The molecule has 3 aliphatic rings. The van der Waals surface area contributed by atoms with Gasteiger partial charge in [0.05, 0.1) is 6.10 Å². The van der Waals surface area contributed by atoms with Crippen LogP contribution in [0.15, 0.2) is 0 Å². The number of ether oxygens (including phenoxy) is 1. The van der Waals surface area contributed by atoms with Crippen LogP contribution in [-0.2, 0) is 4.74 Å². The van der Waals surface area contributed by atoms with Gasteiger partial charge in [-0.3, -0.25) is 4.90 Å². The standard InChI is InChI=1S/C18H34N2O/c1-18(2)14-19-17(15-7-4-3-5-8-15)13-20(18)11-10-16-9-6-12-21-16/h15-17,19H,3-14H2,1-2H3. The molecule has 2 heterocycles. The number of hydrogen-bond donors (Lipinski definition) is 1. The van der Waals surface area contributed by atoms with Gasteiger partial charge < -0.3 is 10.1 Å². The van der Waals surface area contributed by atoms with Gasteiger partial charge in [0, 0.05) is 37.8 Å². The summed E-state index contributed by atoms with van der Waals surface area (Å²) < 4.78 is 5.81. The van der Waals surface area contributed by atoms with Crippen molar-refractivity contribution in [3.63, 3.8) is 0 Å². The summed E-state index contributed by atoms with van der Waals surface area (Å²) in [5.74, 6) is 0.917. The highest BCUT2D eigenvalue weighted by atomic mass is 16.5. The molecule has 0 bridgehead atoms. The molecule has 1 aliphatic carbocycles. The van der Waals surface area contributed by atoms with Gasteiger partial charge in [0.15, 0.2) is 0 Å². The van der Waals surface area contributed by atoms with E-state index in [0.717, 1.165) is 25.1 Å². The van der Waals surface area contributed by atoms with Crippen molar-refractivity contribution in [1.29, 1.82) is 0 Å². The highest BCUT2D eigenvalue weighted by Crippen LogP contribution is 2.30. The third-order valence-electron chi connectivity index (χ3n) is 6.03. The minimum atomic E-state index is 0.295. The molecule has 0 aromatic carbocycles. The number of piperazine rings is 1. The zero-order valence-corrected chi connectivity index (χ0v) is 14.1. The third kappa shape index (κ3) is 4.00. The van der Waals surface area contributed by atoms with Crippen LogP contribution in [0.25, 0.3) is 0 Å². The number of nitrogens with one attached hydrogen (secondary N) is 1. The van der Waals surface area contributed by atoms with Gasteiger partial charge >= 0.3 is 0 Å². The van der Waals surface area contributed by atoms with Crippen LogP contribution in [0.1, 0.15) is 65.2 Å². The van der Waals surface area contributed by atoms with E-state index in [-0.39, 0.29) is 0 Å². The van der Waals surface area contributed by atoms with E-state index in [2.05, 4.69) is 24.1 Å². The van der Waals surface area contributed by atoms with Crippen molar-refractivity contribution in [1.82, 2.24) is 10.2 Å². The summed E-state index contributed by atoms with van der Waals surface area (Å²) in [7, 11) is 0.